The molecular weight excluding hydrogens is 258 g/mol. The molecule has 0 atom stereocenters. The maximum absolute atomic E-state index is 12.2. The summed E-state index contributed by atoms with van der Waals surface area (Å²) >= 11 is 1.57. The van der Waals surface area contributed by atoms with E-state index in [1.54, 1.807) is 11.3 Å². The molecule has 1 heterocycles. The van der Waals surface area contributed by atoms with Crippen LogP contribution >= 0.6 is 11.3 Å². The van der Waals surface area contributed by atoms with Crippen LogP contribution in [-0.4, -0.2) is 16.9 Å². The van der Waals surface area contributed by atoms with Gasteiger partial charge < -0.3 is 11.1 Å². The lowest BCUT2D eigenvalue weighted by molar-refractivity contribution is -0.120. The fourth-order valence-electron chi connectivity index (χ4n) is 2.59. The van der Waals surface area contributed by atoms with E-state index in [0.717, 1.165) is 36.5 Å². The summed E-state index contributed by atoms with van der Waals surface area (Å²) in [5.74, 6) is 0.608. The monoisotopic (exact) mass is 281 g/mol. The largest absolute Gasteiger partial charge is 0.328 e. The molecule has 4 nitrogen and oxygen atoms in total. The van der Waals surface area contributed by atoms with Gasteiger partial charge in [-0.05, 0) is 38.5 Å². The van der Waals surface area contributed by atoms with Gasteiger partial charge in [-0.3, -0.25) is 4.79 Å². The molecule has 1 saturated carbocycles. The molecule has 1 aromatic heterocycles. The van der Waals surface area contributed by atoms with Crippen LogP contribution in [0, 0.1) is 12.8 Å². The Hall–Kier alpha value is -0.940. The molecule has 2 rings (SSSR count). The number of carbonyl (C=O) groups excluding carboxylic acids is 1. The molecule has 0 aliphatic heterocycles. The lowest BCUT2D eigenvalue weighted by atomic mass is 9.86. The van der Waals surface area contributed by atoms with Crippen molar-refractivity contribution in [3.05, 3.63) is 10.6 Å². The molecule has 5 heteroatoms. The minimum atomic E-state index is 0.103. The molecule has 0 unspecified atom stereocenters. The molecular formula is C14H23N3OS. The third-order valence-electron chi connectivity index (χ3n) is 3.75. The molecule has 3 N–H and O–H groups in total. The minimum Gasteiger partial charge on any atom is -0.328 e. The number of carbonyl (C=O) groups is 1. The van der Waals surface area contributed by atoms with Gasteiger partial charge in [-0.2, -0.15) is 0 Å². The molecule has 1 aromatic rings. The second-order valence-electron chi connectivity index (χ2n) is 5.72. The van der Waals surface area contributed by atoms with Gasteiger partial charge in [0, 0.05) is 16.8 Å². The molecule has 1 aliphatic rings. The van der Waals surface area contributed by atoms with Gasteiger partial charge in [-0.25, -0.2) is 4.98 Å². The van der Waals surface area contributed by atoms with E-state index in [0.29, 0.717) is 5.92 Å². The van der Waals surface area contributed by atoms with Gasteiger partial charge in [0.1, 0.15) is 0 Å². The zero-order valence-electron chi connectivity index (χ0n) is 11.9. The van der Waals surface area contributed by atoms with Crippen LogP contribution in [0.15, 0.2) is 0 Å². The number of aryl methyl sites for hydroxylation is 1. The number of thiazole rings is 1. The summed E-state index contributed by atoms with van der Waals surface area (Å²) in [7, 11) is 0. The van der Waals surface area contributed by atoms with Crippen molar-refractivity contribution in [1.82, 2.24) is 4.98 Å². The Morgan fingerprint density at radius 1 is 1.37 bits per heavy atom. The number of nitrogens with one attached hydrogen (secondary N) is 1. The number of hydrogen-bond donors (Lipinski definition) is 2. The highest BCUT2D eigenvalue weighted by atomic mass is 32.1. The molecule has 106 valence electrons. The molecule has 0 bridgehead atoms. The first-order chi connectivity index (χ1) is 8.97. The number of amides is 1. The highest BCUT2D eigenvalue weighted by Gasteiger charge is 2.25. The fraction of sp³-hybridized carbons (Fsp3) is 0.714. The predicted octanol–water partition coefficient (Wildman–Crippen LogP) is 3.03. The van der Waals surface area contributed by atoms with Crippen LogP contribution in [-0.2, 0) is 4.79 Å². The minimum absolute atomic E-state index is 0.103. The molecule has 1 amide bonds. The fourth-order valence-corrected chi connectivity index (χ4v) is 3.56. The number of aromatic nitrogens is 1. The number of rotatable bonds is 3. The smallest absolute Gasteiger partial charge is 0.229 e. The Labute approximate surface area is 118 Å². The van der Waals surface area contributed by atoms with Crippen molar-refractivity contribution in [2.45, 2.75) is 58.4 Å². The molecule has 0 saturated heterocycles. The van der Waals surface area contributed by atoms with Crippen LogP contribution < -0.4 is 11.1 Å². The van der Waals surface area contributed by atoms with Gasteiger partial charge in [-0.1, -0.05) is 13.8 Å². The van der Waals surface area contributed by atoms with Gasteiger partial charge >= 0.3 is 0 Å². The van der Waals surface area contributed by atoms with Gasteiger partial charge in [-0.15, -0.1) is 11.3 Å². The van der Waals surface area contributed by atoms with Crippen molar-refractivity contribution in [2.24, 2.45) is 11.7 Å². The Morgan fingerprint density at radius 3 is 2.53 bits per heavy atom. The first-order valence-corrected chi connectivity index (χ1v) is 7.82. The molecule has 0 aromatic carbocycles. The Kier molecular flexibility index (Phi) is 4.58. The van der Waals surface area contributed by atoms with E-state index in [1.807, 2.05) is 0 Å². The summed E-state index contributed by atoms with van der Waals surface area (Å²) in [5.41, 5.74) is 6.95. The van der Waals surface area contributed by atoms with Gasteiger partial charge in [0.05, 0.1) is 5.69 Å². The lowest BCUT2D eigenvalue weighted by Gasteiger charge is -2.24. The normalized spacial score (nSPS) is 23.6. The standard InChI is InChI=1S/C14H23N3OS/c1-8(2)12-9(3)19-14(16-12)17-13(18)10-4-6-11(15)7-5-10/h8,10-11H,4-7,15H2,1-3H3,(H,16,17,18). The van der Waals surface area contributed by atoms with E-state index >= 15 is 0 Å². The second kappa shape index (κ2) is 6.01. The number of hydrogen-bond acceptors (Lipinski definition) is 4. The van der Waals surface area contributed by atoms with E-state index in [1.165, 1.54) is 4.88 Å². The summed E-state index contributed by atoms with van der Waals surface area (Å²) < 4.78 is 0. The van der Waals surface area contributed by atoms with Crippen molar-refractivity contribution in [2.75, 3.05) is 5.32 Å². The molecule has 0 radical (unpaired) electrons. The molecule has 1 aliphatic carbocycles. The molecule has 0 spiro atoms. The van der Waals surface area contributed by atoms with E-state index in [4.69, 9.17) is 5.73 Å². The van der Waals surface area contributed by atoms with Crippen LogP contribution in [0.1, 0.15) is 56.0 Å². The maximum Gasteiger partial charge on any atom is 0.229 e. The third-order valence-corrected chi connectivity index (χ3v) is 4.65. The molecule has 1 fully saturated rings. The predicted molar refractivity (Wildman–Crippen MR) is 79.5 cm³/mol. The van der Waals surface area contributed by atoms with Gasteiger partial charge in [0.15, 0.2) is 5.13 Å². The van der Waals surface area contributed by atoms with Crippen molar-refractivity contribution in [3.8, 4) is 0 Å². The van der Waals surface area contributed by atoms with E-state index in [2.05, 4.69) is 31.1 Å². The summed E-state index contributed by atoms with van der Waals surface area (Å²) in [4.78, 5) is 17.9. The summed E-state index contributed by atoms with van der Waals surface area (Å²) in [6, 6.07) is 0.277. The Balaban J connectivity index is 1.97. The number of anilines is 1. The van der Waals surface area contributed by atoms with Crippen molar-refractivity contribution in [3.63, 3.8) is 0 Å². The number of nitrogens with zero attached hydrogens (tertiary/aromatic N) is 1. The SMILES string of the molecule is Cc1sc(NC(=O)C2CCC(N)CC2)nc1C(C)C. The van der Waals surface area contributed by atoms with Crippen LogP contribution in [0.5, 0.6) is 0 Å². The third kappa shape index (κ3) is 3.54. The van der Waals surface area contributed by atoms with Gasteiger partial charge in [0.25, 0.3) is 0 Å². The first-order valence-electron chi connectivity index (χ1n) is 7.01. The van der Waals surface area contributed by atoms with Crippen LogP contribution in [0.2, 0.25) is 0 Å². The van der Waals surface area contributed by atoms with E-state index in [-0.39, 0.29) is 17.9 Å². The van der Waals surface area contributed by atoms with Crippen molar-refractivity contribution < 1.29 is 4.79 Å². The lowest BCUT2D eigenvalue weighted by Crippen LogP contribution is -2.32. The highest BCUT2D eigenvalue weighted by Crippen LogP contribution is 2.29. The maximum atomic E-state index is 12.2. The van der Waals surface area contributed by atoms with Crippen LogP contribution in [0.25, 0.3) is 0 Å². The Morgan fingerprint density at radius 2 is 2.00 bits per heavy atom. The van der Waals surface area contributed by atoms with E-state index < -0.39 is 0 Å². The summed E-state index contributed by atoms with van der Waals surface area (Å²) in [6.07, 6.45) is 3.70. The average molecular weight is 281 g/mol. The Bertz CT molecular complexity index is 448. The topological polar surface area (TPSA) is 68.0 Å². The van der Waals surface area contributed by atoms with Crippen molar-refractivity contribution >= 4 is 22.4 Å². The van der Waals surface area contributed by atoms with Gasteiger partial charge in [0.2, 0.25) is 5.91 Å². The molecule has 19 heavy (non-hydrogen) atoms. The highest BCUT2D eigenvalue weighted by molar-refractivity contribution is 7.15. The summed E-state index contributed by atoms with van der Waals surface area (Å²) in [6.45, 7) is 6.30. The van der Waals surface area contributed by atoms with Crippen LogP contribution in [0.3, 0.4) is 0 Å². The number of nitrogens with two attached hydrogens (primary N) is 1. The zero-order valence-corrected chi connectivity index (χ0v) is 12.7. The van der Waals surface area contributed by atoms with E-state index in [9.17, 15) is 4.79 Å². The summed E-state index contributed by atoms with van der Waals surface area (Å²) in [5, 5.41) is 3.71. The van der Waals surface area contributed by atoms with Crippen LogP contribution in [0.4, 0.5) is 5.13 Å². The zero-order chi connectivity index (χ0) is 14.0. The average Bonchev–Trinajstić information content (AvgIpc) is 2.71. The first kappa shape index (κ1) is 14.5. The quantitative estimate of drug-likeness (QED) is 0.895. The van der Waals surface area contributed by atoms with Crippen molar-refractivity contribution in [1.29, 1.82) is 0 Å². The second-order valence-corrected chi connectivity index (χ2v) is 6.92.